The molecule has 0 aliphatic carbocycles. The Labute approximate surface area is 187 Å². The van der Waals surface area contributed by atoms with Gasteiger partial charge in [-0.05, 0) is 58.0 Å². The van der Waals surface area contributed by atoms with E-state index in [9.17, 15) is 9.59 Å². The molecule has 0 aliphatic heterocycles. The molecule has 0 bridgehead atoms. The molecule has 0 atom stereocenters. The zero-order chi connectivity index (χ0) is 22.7. The van der Waals surface area contributed by atoms with E-state index in [1.807, 2.05) is 6.92 Å². The van der Waals surface area contributed by atoms with Gasteiger partial charge in [-0.2, -0.15) is 0 Å². The number of fused-ring (bicyclic) bond motifs is 1. The molecule has 0 radical (unpaired) electrons. The number of hydrogen-bond donors (Lipinski definition) is 0. The molecule has 0 fully saturated rings. The van der Waals surface area contributed by atoms with E-state index < -0.39 is 0 Å². The quantitative estimate of drug-likeness (QED) is 0.535. The summed E-state index contributed by atoms with van der Waals surface area (Å²) in [5.74, 6) is -0.159. The average Bonchev–Trinajstić information content (AvgIpc) is 3.15. The maximum Gasteiger partial charge on any atom is 0.256 e. The second-order valence-electron chi connectivity index (χ2n) is 7.89. The van der Waals surface area contributed by atoms with Crippen LogP contribution in [-0.2, 0) is 11.3 Å². The lowest BCUT2D eigenvalue weighted by Crippen LogP contribution is -2.41. The number of nitrogens with zero attached hydrogens (tertiary/aromatic N) is 5. The summed E-state index contributed by atoms with van der Waals surface area (Å²) in [5.41, 5.74) is 4.27. The standard InChI is InChI=1S/C23H31N5O2S/c1-7-26(8-2)9-10-28(20(29)13-27-14-24-18(6)17(5)22(27)30)23-25-21-16(4)11-15(3)12-19(21)31-23/h11-12,14H,7-10,13H2,1-6H3. The van der Waals surface area contributed by atoms with Crippen LogP contribution in [0.5, 0.6) is 0 Å². The van der Waals surface area contributed by atoms with Gasteiger partial charge in [0.05, 0.1) is 16.5 Å². The highest BCUT2D eigenvalue weighted by molar-refractivity contribution is 7.22. The Morgan fingerprint density at radius 1 is 1.10 bits per heavy atom. The number of aryl methyl sites for hydroxylation is 3. The summed E-state index contributed by atoms with van der Waals surface area (Å²) < 4.78 is 2.45. The van der Waals surface area contributed by atoms with E-state index in [-0.39, 0.29) is 18.0 Å². The van der Waals surface area contributed by atoms with Crippen LogP contribution < -0.4 is 10.5 Å². The van der Waals surface area contributed by atoms with E-state index in [1.54, 1.807) is 18.7 Å². The number of hydrogen-bond acceptors (Lipinski definition) is 6. The molecular formula is C23H31N5O2S. The molecule has 0 N–H and O–H groups in total. The minimum absolute atomic E-state index is 0.0564. The Morgan fingerprint density at radius 3 is 2.48 bits per heavy atom. The van der Waals surface area contributed by atoms with E-state index in [1.165, 1.54) is 27.8 Å². The topological polar surface area (TPSA) is 71.3 Å². The third kappa shape index (κ3) is 5.02. The van der Waals surface area contributed by atoms with Crippen LogP contribution in [0.2, 0.25) is 0 Å². The minimum atomic E-state index is -0.180. The van der Waals surface area contributed by atoms with Gasteiger partial charge in [-0.1, -0.05) is 31.3 Å². The van der Waals surface area contributed by atoms with Gasteiger partial charge in [0.1, 0.15) is 6.54 Å². The molecule has 8 heteroatoms. The van der Waals surface area contributed by atoms with Crippen LogP contribution in [-0.4, -0.2) is 51.5 Å². The molecule has 1 amide bonds. The second-order valence-corrected chi connectivity index (χ2v) is 8.89. The van der Waals surface area contributed by atoms with E-state index >= 15 is 0 Å². The Morgan fingerprint density at radius 2 is 1.81 bits per heavy atom. The molecular weight excluding hydrogens is 410 g/mol. The normalized spacial score (nSPS) is 11.5. The van der Waals surface area contributed by atoms with E-state index in [0.29, 0.717) is 22.9 Å². The van der Waals surface area contributed by atoms with Crippen molar-refractivity contribution in [3.8, 4) is 0 Å². The molecule has 3 aromatic rings. The fraction of sp³-hybridized carbons (Fsp3) is 0.478. The van der Waals surface area contributed by atoms with Crippen LogP contribution in [0.4, 0.5) is 5.13 Å². The molecule has 2 heterocycles. The van der Waals surface area contributed by atoms with Gasteiger partial charge < -0.3 is 4.90 Å². The van der Waals surface area contributed by atoms with E-state index in [0.717, 1.165) is 35.4 Å². The highest BCUT2D eigenvalue weighted by atomic mass is 32.1. The Hall–Kier alpha value is -2.58. The van der Waals surface area contributed by atoms with Crippen molar-refractivity contribution < 1.29 is 4.79 Å². The average molecular weight is 442 g/mol. The highest BCUT2D eigenvalue weighted by Crippen LogP contribution is 2.31. The smallest absolute Gasteiger partial charge is 0.256 e. The van der Waals surface area contributed by atoms with Crippen molar-refractivity contribution in [2.24, 2.45) is 0 Å². The molecule has 31 heavy (non-hydrogen) atoms. The van der Waals surface area contributed by atoms with Crippen LogP contribution in [0.3, 0.4) is 0 Å². The summed E-state index contributed by atoms with van der Waals surface area (Å²) in [6.45, 7) is 14.9. The van der Waals surface area contributed by atoms with E-state index in [4.69, 9.17) is 4.98 Å². The maximum atomic E-state index is 13.4. The van der Waals surface area contributed by atoms with Crippen LogP contribution in [0.15, 0.2) is 23.3 Å². The fourth-order valence-electron chi connectivity index (χ4n) is 3.60. The van der Waals surface area contributed by atoms with Gasteiger partial charge in [0.25, 0.3) is 5.56 Å². The Kier molecular flexibility index (Phi) is 7.23. The third-order valence-corrected chi connectivity index (χ3v) is 6.73. The molecule has 0 saturated heterocycles. The van der Waals surface area contributed by atoms with Crippen LogP contribution >= 0.6 is 11.3 Å². The van der Waals surface area contributed by atoms with Gasteiger partial charge in [-0.25, -0.2) is 9.97 Å². The Bertz CT molecular complexity index is 1150. The minimum Gasteiger partial charge on any atom is -0.302 e. The number of benzene rings is 1. The van der Waals surface area contributed by atoms with Crippen molar-refractivity contribution >= 4 is 32.6 Å². The first kappa shape index (κ1) is 23.1. The van der Waals surface area contributed by atoms with Crippen LogP contribution in [0.25, 0.3) is 10.2 Å². The van der Waals surface area contributed by atoms with Crippen molar-refractivity contribution in [3.63, 3.8) is 0 Å². The summed E-state index contributed by atoms with van der Waals surface area (Å²) in [7, 11) is 0. The molecule has 0 saturated carbocycles. The van der Waals surface area contributed by atoms with E-state index in [2.05, 4.69) is 42.8 Å². The molecule has 1 aromatic carbocycles. The number of amides is 1. The van der Waals surface area contributed by atoms with Gasteiger partial charge in [-0.3, -0.25) is 19.1 Å². The predicted molar refractivity (Wildman–Crippen MR) is 127 cm³/mol. The first-order valence-electron chi connectivity index (χ1n) is 10.7. The third-order valence-electron chi connectivity index (χ3n) is 5.71. The van der Waals surface area contributed by atoms with Gasteiger partial charge in [0.15, 0.2) is 5.13 Å². The summed E-state index contributed by atoms with van der Waals surface area (Å²) in [4.78, 5) is 39.0. The summed E-state index contributed by atoms with van der Waals surface area (Å²) in [5, 5.41) is 0.672. The number of carbonyl (C=O) groups is 1. The monoisotopic (exact) mass is 441 g/mol. The first-order chi connectivity index (χ1) is 14.7. The van der Waals surface area contributed by atoms with Crippen molar-refractivity contribution in [2.75, 3.05) is 31.1 Å². The van der Waals surface area contributed by atoms with Crippen LogP contribution in [0, 0.1) is 27.7 Å². The molecule has 2 aromatic heterocycles. The zero-order valence-electron chi connectivity index (χ0n) is 19.2. The van der Waals surface area contributed by atoms with Gasteiger partial charge in [-0.15, -0.1) is 0 Å². The van der Waals surface area contributed by atoms with Crippen molar-refractivity contribution in [1.82, 2.24) is 19.4 Å². The van der Waals surface area contributed by atoms with Crippen LogP contribution in [0.1, 0.15) is 36.2 Å². The second kappa shape index (κ2) is 9.70. The van der Waals surface area contributed by atoms with Crippen molar-refractivity contribution in [2.45, 2.75) is 48.1 Å². The molecule has 0 aliphatic rings. The lowest BCUT2D eigenvalue weighted by molar-refractivity contribution is -0.119. The predicted octanol–water partition coefficient (Wildman–Crippen LogP) is 3.46. The highest BCUT2D eigenvalue weighted by Gasteiger charge is 2.22. The summed E-state index contributed by atoms with van der Waals surface area (Å²) >= 11 is 1.52. The molecule has 0 unspecified atom stereocenters. The molecule has 3 rings (SSSR count). The molecule has 7 nitrogen and oxygen atoms in total. The number of thiazole rings is 1. The van der Waals surface area contributed by atoms with Gasteiger partial charge >= 0.3 is 0 Å². The Balaban J connectivity index is 1.96. The van der Waals surface area contributed by atoms with Gasteiger partial charge in [0.2, 0.25) is 5.91 Å². The molecule has 0 spiro atoms. The van der Waals surface area contributed by atoms with Crippen molar-refractivity contribution in [1.29, 1.82) is 0 Å². The maximum absolute atomic E-state index is 13.4. The molecule has 166 valence electrons. The summed E-state index contributed by atoms with van der Waals surface area (Å²) in [6, 6.07) is 4.21. The number of likely N-dealkylation sites (N-methyl/N-ethyl adjacent to an activating group) is 1. The largest absolute Gasteiger partial charge is 0.302 e. The number of anilines is 1. The lowest BCUT2D eigenvalue weighted by atomic mass is 10.1. The number of carbonyl (C=O) groups excluding carboxylic acids is 1. The van der Waals surface area contributed by atoms with Crippen molar-refractivity contribution in [3.05, 3.63) is 51.2 Å². The first-order valence-corrected chi connectivity index (χ1v) is 11.5. The zero-order valence-corrected chi connectivity index (χ0v) is 20.0. The number of aromatic nitrogens is 3. The fourth-order valence-corrected chi connectivity index (χ4v) is 4.79. The lowest BCUT2D eigenvalue weighted by Gasteiger charge is -2.25. The SMILES string of the molecule is CCN(CC)CCN(C(=O)Cn1cnc(C)c(C)c1=O)c1nc2c(C)cc(C)cc2s1. The van der Waals surface area contributed by atoms with Gasteiger partial charge in [0, 0.05) is 24.3 Å². The summed E-state index contributed by atoms with van der Waals surface area (Å²) in [6.07, 6.45) is 1.46. The number of rotatable bonds is 8.